The lowest BCUT2D eigenvalue weighted by Gasteiger charge is -2.24. The van der Waals surface area contributed by atoms with Gasteiger partial charge in [0.15, 0.2) is 0 Å². The second kappa shape index (κ2) is 4.80. The zero-order valence-electron chi connectivity index (χ0n) is 11.3. The molecule has 0 bridgehead atoms. The number of fused-ring (bicyclic) bond motifs is 1. The average Bonchev–Trinajstić information content (AvgIpc) is 2.96. The lowest BCUT2D eigenvalue weighted by atomic mass is 9.98. The molecule has 0 radical (unpaired) electrons. The molecule has 3 nitrogen and oxygen atoms in total. The van der Waals surface area contributed by atoms with E-state index in [-0.39, 0.29) is 5.54 Å². The van der Waals surface area contributed by atoms with Crippen molar-refractivity contribution in [1.82, 2.24) is 9.55 Å². The number of nitrogens with two attached hydrogens (primary N) is 1. The van der Waals surface area contributed by atoms with Gasteiger partial charge in [-0.2, -0.15) is 0 Å². The number of halogens is 1. The van der Waals surface area contributed by atoms with E-state index < -0.39 is 0 Å². The van der Waals surface area contributed by atoms with Crippen molar-refractivity contribution >= 4 is 22.6 Å². The molecule has 1 aliphatic carbocycles. The molecule has 0 spiro atoms. The summed E-state index contributed by atoms with van der Waals surface area (Å²) in [5.41, 5.74) is 8.34. The Bertz CT molecular complexity index is 597. The van der Waals surface area contributed by atoms with Crippen LogP contribution in [0.15, 0.2) is 18.2 Å². The van der Waals surface area contributed by atoms with Crippen molar-refractivity contribution in [3.8, 4) is 0 Å². The summed E-state index contributed by atoms with van der Waals surface area (Å²) in [5, 5.41) is 0.770. The summed E-state index contributed by atoms with van der Waals surface area (Å²) in [6.07, 6.45) is 5.49. The maximum absolute atomic E-state index is 6.60. The highest BCUT2D eigenvalue weighted by Crippen LogP contribution is 2.38. The Kier molecular flexibility index (Phi) is 3.27. The Morgan fingerprint density at radius 2 is 2.11 bits per heavy atom. The quantitative estimate of drug-likeness (QED) is 0.927. The van der Waals surface area contributed by atoms with Crippen molar-refractivity contribution in [1.29, 1.82) is 0 Å². The van der Waals surface area contributed by atoms with Gasteiger partial charge in [-0.05, 0) is 31.4 Å². The SMILES string of the molecule is CCCn1c(C2(N)CCCC2)nc2cccc(Cl)c21. The zero-order chi connectivity index (χ0) is 13.5. The molecule has 0 amide bonds. The molecule has 4 heteroatoms. The molecule has 1 aromatic carbocycles. The molecule has 1 heterocycles. The number of para-hydroxylation sites is 1. The highest BCUT2D eigenvalue weighted by atomic mass is 35.5. The summed E-state index contributed by atoms with van der Waals surface area (Å²) in [6, 6.07) is 5.91. The summed E-state index contributed by atoms with van der Waals surface area (Å²) in [7, 11) is 0. The lowest BCUT2D eigenvalue weighted by Crippen LogP contribution is -2.36. The van der Waals surface area contributed by atoms with Gasteiger partial charge in [-0.15, -0.1) is 0 Å². The van der Waals surface area contributed by atoms with Crippen LogP contribution in [0.1, 0.15) is 44.9 Å². The van der Waals surface area contributed by atoms with Gasteiger partial charge in [0.05, 0.1) is 21.6 Å². The molecule has 2 aromatic rings. The summed E-state index contributed by atoms with van der Waals surface area (Å²) >= 11 is 6.36. The minimum absolute atomic E-state index is 0.266. The Balaban J connectivity index is 2.23. The van der Waals surface area contributed by atoms with Crippen LogP contribution in [0.25, 0.3) is 11.0 Å². The van der Waals surface area contributed by atoms with Crippen LogP contribution in [0.3, 0.4) is 0 Å². The Morgan fingerprint density at radius 1 is 1.37 bits per heavy atom. The fourth-order valence-electron chi connectivity index (χ4n) is 3.19. The van der Waals surface area contributed by atoms with Crippen LogP contribution in [0.2, 0.25) is 5.02 Å². The number of imidazole rings is 1. The molecule has 2 N–H and O–H groups in total. The molecule has 1 saturated carbocycles. The van der Waals surface area contributed by atoms with Crippen molar-refractivity contribution < 1.29 is 0 Å². The molecule has 19 heavy (non-hydrogen) atoms. The largest absolute Gasteiger partial charge is 0.325 e. The van der Waals surface area contributed by atoms with Gasteiger partial charge in [0, 0.05) is 6.54 Å². The minimum Gasteiger partial charge on any atom is -0.325 e. The third-order valence-electron chi connectivity index (χ3n) is 4.11. The molecule has 0 atom stereocenters. The van der Waals surface area contributed by atoms with E-state index in [4.69, 9.17) is 22.3 Å². The molecule has 3 rings (SSSR count). The number of benzene rings is 1. The first-order valence-corrected chi connectivity index (χ1v) is 7.47. The van der Waals surface area contributed by atoms with Crippen molar-refractivity contribution in [2.45, 2.75) is 51.1 Å². The van der Waals surface area contributed by atoms with E-state index >= 15 is 0 Å². The summed E-state index contributed by atoms with van der Waals surface area (Å²) < 4.78 is 2.24. The first kappa shape index (κ1) is 12.9. The second-order valence-electron chi connectivity index (χ2n) is 5.56. The van der Waals surface area contributed by atoms with E-state index in [1.165, 1.54) is 12.8 Å². The van der Waals surface area contributed by atoms with Gasteiger partial charge in [-0.3, -0.25) is 0 Å². The fourth-order valence-corrected chi connectivity index (χ4v) is 3.46. The van der Waals surface area contributed by atoms with Gasteiger partial charge in [0.25, 0.3) is 0 Å². The number of aryl methyl sites for hydroxylation is 1. The zero-order valence-corrected chi connectivity index (χ0v) is 12.1. The molecule has 1 aromatic heterocycles. The Morgan fingerprint density at radius 3 is 2.79 bits per heavy atom. The summed E-state index contributed by atoms with van der Waals surface area (Å²) in [4.78, 5) is 4.80. The molecule has 0 saturated heterocycles. The van der Waals surface area contributed by atoms with Crippen LogP contribution in [-0.4, -0.2) is 9.55 Å². The van der Waals surface area contributed by atoms with E-state index in [1.54, 1.807) is 0 Å². The Hall–Kier alpha value is -1.06. The van der Waals surface area contributed by atoms with Gasteiger partial charge in [-0.25, -0.2) is 4.98 Å². The predicted octanol–water partition coefficient (Wildman–Crippen LogP) is 3.83. The van der Waals surface area contributed by atoms with Crippen LogP contribution in [0, 0.1) is 0 Å². The van der Waals surface area contributed by atoms with Gasteiger partial charge in [0.2, 0.25) is 0 Å². The third-order valence-corrected chi connectivity index (χ3v) is 4.41. The van der Waals surface area contributed by atoms with Gasteiger partial charge in [0.1, 0.15) is 5.82 Å². The molecule has 102 valence electrons. The monoisotopic (exact) mass is 277 g/mol. The van der Waals surface area contributed by atoms with E-state index in [2.05, 4.69) is 11.5 Å². The van der Waals surface area contributed by atoms with Crippen LogP contribution in [0.5, 0.6) is 0 Å². The maximum Gasteiger partial charge on any atom is 0.130 e. The van der Waals surface area contributed by atoms with Crippen LogP contribution in [0.4, 0.5) is 0 Å². The van der Waals surface area contributed by atoms with Gasteiger partial charge >= 0.3 is 0 Å². The topological polar surface area (TPSA) is 43.8 Å². The molecular weight excluding hydrogens is 258 g/mol. The number of aromatic nitrogens is 2. The third kappa shape index (κ3) is 2.05. The summed E-state index contributed by atoms with van der Waals surface area (Å²) in [5.74, 6) is 1.02. The normalized spacial score (nSPS) is 18.3. The van der Waals surface area contributed by atoms with E-state index in [9.17, 15) is 0 Å². The van der Waals surface area contributed by atoms with Crippen molar-refractivity contribution in [2.24, 2.45) is 5.73 Å². The number of rotatable bonds is 3. The van der Waals surface area contributed by atoms with Gasteiger partial charge in [-0.1, -0.05) is 37.4 Å². The van der Waals surface area contributed by atoms with Gasteiger partial charge < -0.3 is 10.3 Å². The first-order chi connectivity index (χ1) is 9.15. The first-order valence-electron chi connectivity index (χ1n) is 7.10. The van der Waals surface area contributed by atoms with E-state index in [1.807, 2.05) is 18.2 Å². The van der Waals surface area contributed by atoms with Crippen molar-refractivity contribution in [3.05, 3.63) is 29.0 Å². The Labute approximate surface area is 118 Å². The predicted molar refractivity (Wildman–Crippen MR) is 79.4 cm³/mol. The highest BCUT2D eigenvalue weighted by Gasteiger charge is 2.36. The van der Waals surface area contributed by atoms with Crippen LogP contribution >= 0.6 is 11.6 Å². The number of nitrogens with zero attached hydrogens (tertiary/aromatic N) is 2. The van der Waals surface area contributed by atoms with Crippen molar-refractivity contribution in [3.63, 3.8) is 0 Å². The van der Waals surface area contributed by atoms with E-state index in [0.717, 1.165) is 47.7 Å². The minimum atomic E-state index is -0.266. The number of hydrogen-bond donors (Lipinski definition) is 1. The van der Waals surface area contributed by atoms with Crippen LogP contribution < -0.4 is 5.73 Å². The smallest absolute Gasteiger partial charge is 0.130 e. The molecule has 1 aliphatic rings. The second-order valence-corrected chi connectivity index (χ2v) is 5.97. The average molecular weight is 278 g/mol. The maximum atomic E-state index is 6.60. The standard InChI is InChI=1S/C15H20ClN3/c1-2-10-19-13-11(16)6-5-7-12(13)18-14(19)15(17)8-3-4-9-15/h5-7H,2-4,8-10,17H2,1H3. The molecule has 0 aliphatic heterocycles. The molecular formula is C15H20ClN3. The lowest BCUT2D eigenvalue weighted by molar-refractivity contribution is 0.409. The van der Waals surface area contributed by atoms with E-state index in [0.29, 0.717) is 0 Å². The summed E-state index contributed by atoms with van der Waals surface area (Å²) in [6.45, 7) is 3.10. The van der Waals surface area contributed by atoms with Crippen molar-refractivity contribution in [2.75, 3.05) is 0 Å². The molecule has 1 fully saturated rings. The fraction of sp³-hybridized carbons (Fsp3) is 0.533. The highest BCUT2D eigenvalue weighted by molar-refractivity contribution is 6.35. The molecule has 0 unspecified atom stereocenters. The number of hydrogen-bond acceptors (Lipinski definition) is 2. The van der Waals surface area contributed by atoms with Crippen LogP contribution in [-0.2, 0) is 12.1 Å².